The van der Waals surface area contributed by atoms with Crippen LogP contribution in [0.5, 0.6) is 0 Å². The van der Waals surface area contributed by atoms with Gasteiger partial charge in [0.25, 0.3) is 0 Å². The molecular formula is C12H9FN2O2. The average Bonchev–Trinajstić information content (AvgIpc) is 2.81. The van der Waals surface area contributed by atoms with E-state index in [1.807, 2.05) is 0 Å². The van der Waals surface area contributed by atoms with Crippen molar-refractivity contribution in [3.05, 3.63) is 54.1 Å². The number of nitrogens with one attached hydrogen (secondary N) is 1. The van der Waals surface area contributed by atoms with Crippen molar-refractivity contribution in [3.8, 4) is 0 Å². The molecule has 0 radical (unpaired) electrons. The van der Waals surface area contributed by atoms with E-state index in [0.717, 1.165) is 5.56 Å². The number of halogens is 1. The molecular weight excluding hydrogens is 223 g/mol. The van der Waals surface area contributed by atoms with Crippen molar-refractivity contribution in [2.75, 3.05) is 5.32 Å². The number of benzene rings is 1. The van der Waals surface area contributed by atoms with Gasteiger partial charge < -0.3 is 9.84 Å². The van der Waals surface area contributed by atoms with Gasteiger partial charge in [-0.3, -0.25) is 4.79 Å². The molecule has 1 aromatic heterocycles. The van der Waals surface area contributed by atoms with Gasteiger partial charge in [0.05, 0.1) is 0 Å². The van der Waals surface area contributed by atoms with E-state index >= 15 is 0 Å². The van der Waals surface area contributed by atoms with Gasteiger partial charge in [-0.05, 0) is 23.8 Å². The summed E-state index contributed by atoms with van der Waals surface area (Å²) in [5, 5.41) is 6.03. The molecule has 0 aliphatic rings. The van der Waals surface area contributed by atoms with Crippen molar-refractivity contribution in [3.63, 3.8) is 0 Å². The maximum Gasteiger partial charge on any atom is 0.249 e. The van der Waals surface area contributed by atoms with Crippen LogP contribution in [-0.2, 0) is 4.79 Å². The molecule has 2 rings (SSSR count). The molecule has 86 valence electrons. The van der Waals surface area contributed by atoms with Crippen LogP contribution < -0.4 is 5.32 Å². The van der Waals surface area contributed by atoms with E-state index in [9.17, 15) is 9.18 Å². The van der Waals surface area contributed by atoms with Gasteiger partial charge in [0, 0.05) is 12.1 Å². The summed E-state index contributed by atoms with van der Waals surface area (Å²) < 4.78 is 17.2. The Morgan fingerprint density at radius 3 is 2.71 bits per heavy atom. The van der Waals surface area contributed by atoms with Gasteiger partial charge in [0.1, 0.15) is 12.1 Å². The third-order valence-corrected chi connectivity index (χ3v) is 1.99. The van der Waals surface area contributed by atoms with E-state index in [4.69, 9.17) is 0 Å². The van der Waals surface area contributed by atoms with Crippen LogP contribution >= 0.6 is 0 Å². The second kappa shape index (κ2) is 5.07. The Kier molecular flexibility index (Phi) is 3.30. The van der Waals surface area contributed by atoms with Crippen LogP contribution in [0.4, 0.5) is 10.2 Å². The number of anilines is 1. The molecule has 0 atom stereocenters. The van der Waals surface area contributed by atoms with Gasteiger partial charge >= 0.3 is 0 Å². The van der Waals surface area contributed by atoms with Crippen LogP contribution in [0.15, 0.2) is 47.2 Å². The van der Waals surface area contributed by atoms with Crippen LogP contribution in [0.1, 0.15) is 5.56 Å². The molecule has 1 N–H and O–H groups in total. The summed E-state index contributed by atoms with van der Waals surface area (Å²) in [7, 11) is 0. The molecule has 0 aliphatic heterocycles. The number of carbonyl (C=O) groups excluding carboxylic acids is 1. The Labute approximate surface area is 96.7 Å². The standard InChI is InChI=1S/C12H9FN2O2/c13-10-4-1-9(2-5-10)3-6-12(16)14-11-7-8-17-15-11/h1-8H,(H,14,15,16). The highest BCUT2D eigenvalue weighted by atomic mass is 19.1. The number of rotatable bonds is 3. The van der Waals surface area contributed by atoms with E-state index in [1.54, 1.807) is 18.2 Å². The monoisotopic (exact) mass is 232 g/mol. The average molecular weight is 232 g/mol. The zero-order valence-electron chi connectivity index (χ0n) is 8.76. The molecule has 0 aliphatic carbocycles. The number of carbonyl (C=O) groups is 1. The Morgan fingerprint density at radius 1 is 1.29 bits per heavy atom. The van der Waals surface area contributed by atoms with E-state index in [-0.39, 0.29) is 11.7 Å². The molecule has 1 amide bonds. The smallest absolute Gasteiger partial charge is 0.249 e. The lowest BCUT2D eigenvalue weighted by atomic mass is 10.2. The molecule has 2 aromatic rings. The molecule has 0 saturated heterocycles. The summed E-state index contributed by atoms with van der Waals surface area (Å²) >= 11 is 0. The fourth-order valence-electron chi connectivity index (χ4n) is 1.19. The van der Waals surface area contributed by atoms with Crippen molar-refractivity contribution in [2.45, 2.75) is 0 Å². The Hall–Kier alpha value is -2.43. The summed E-state index contributed by atoms with van der Waals surface area (Å²) in [6, 6.07) is 7.35. The third kappa shape index (κ3) is 3.27. The van der Waals surface area contributed by atoms with Gasteiger partial charge in [0.2, 0.25) is 5.91 Å². The Morgan fingerprint density at radius 2 is 2.06 bits per heavy atom. The normalized spacial score (nSPS) is 10.6. The minimum Gasteiger partial charge on any atom is -0.363 e. The van der Waals surface area contributed by atoms with Gasteiger partial charge in [-0.25, -0.2) is 4.39 Å². The summed E-state index contributed by atoms with van der Waals surface area (Å²) in [4.78, 5) is 11.4. The summed E-state index contributed by atoms with van der Waals surface area (Å²) in [5.74, 6) is -0.295. The van der Waals surface area contributed by atoms with Crippen molar-refractivity contribution < 1.29 is 13.7 Å². The second-order valence-electron chi connectivity index (χ2n) is 3.26. The molecule has 0 fully saturated rings. The lowest BCUT2D eigenvalue weighted by molar-refractivity contribution is -0.111. The highest BCUT2D eigenvalue weighted by Gasteiger charge is 1.99. The van der Waals surface area contributed by atoms with E-state index in [2.05, 4.69) is 15.0 Å². The zero-order valence-corrected chi connectivity index (χ0v) is 8.76. The fourth-order valence-corrected chi connectivity index (χ4v) is 1.19. The summed E-state index contributed by atoms with van der Waals surface area (Å²) in [6.45, 7) is 0. The lowest BCUT2D eigenvalue weighted by Gasteiger charge is -1.95. The van der Waals surface area contributed by atoms with Crippen molar-refractivity contribution in [1.82, 2.24) is 5.16 Å². The van der Waals surface area contributed by atoms with Crippen LogP contribution in [0, 0.1) is 5.82 Å². The number of amides is 1. The largest absolute Gasteiger partial charge is 0.363 e. The Balaban J connectivity index is 1.96. The maximum absolute atomic E-state index is 12.6. The minimum absolute atomic E-state index is 0.311. The number of nitrogens with zero attached hydrogens (tertiary/aromatic N) is 1. The first-order chi connectivity index (χ1) is 8.24. The first kappa shape index (κ1) is 11.1. The van der Waals surface area contributed by atoms with Gasteiger partial charge in [-0.15, -0.1) is 0 Å². The number of hydrogen-bond donors (Lipinski definition) is 1. The third-order valence-electron chi connectivity index (χ3n) is 1.99. The highest BCUT2D eigenvalue weighted by molar-refractivity contribution is 6.01. The molecule has 0 unspecified atom stereocenters. The molecule has 0 bridgehead atoms. The van der Waals surface area contributed by atoms with Crippen LogP contribution in [0.3, 0.4) is 0 Å². The van der Waals surface area contributed by atoms with Crippen molar-refractivity contribution in [1.29, 1.82) is 0 Å². The molecule has 4 nitrogen and oxygen atoms in total. The predicted octanol–water partition coefficient (Wildman–Crippen LogP) is 2.47. The van der Waals surface area contributed by atoms with Gasteiger partial charge in [-0.1, -0.05) is 17.3 Å². The zero-order chi connectivity index (χ0) is 12.1. The quantitative estimate of drug-likeness (QED) is 0.827. The van der Waals surface area contributed by atoms with Crippen molar-refractivity contribution in [2.24, 2.45) is 0 Å². The van der Waals surface area contributed by atoms with Crippen LogP contribution in [-0.4, -0.2) is 11.1 Å². The second-order valence-corrected chi connectivity index (χ2v) is 3.26. The fraction of sp³-hybridized carbons (Fsp3) is 0. The van der Waals surface area contributed by atoms with Crippen LogP contribution in [0.2, 0.25) is 0 Å². The first-order valence-corrected chi connectivity index (χ1v) is 4.89. The first-order valence-electron chi connectivity index (χ1n) is 4.89. The molecule has 1 aromatic carbocycles. The lowest BCUT2D eigenvalue weighted by Crippen LogP contribution is -2.07. The van der Waals surface area contributed by atoms with E-state index < -0.39 is 0 Å². The molecule has 17 heavy (non-hydrogen) atoms. The predicted molar refractivity (Wildman–Crippen MR) is 60.6 cm³/mol. The minimum atomic E-state index is -0.330. The Bertz CT molecular complexity index is 518. The molecule has 0 spiro atoms. The topological polar surface area (TPSA) is 55.1 Å². The van der Waals surface area contributed by atoms with Gasteiger partial charge in [0.15, 0.2) is 5.82 Å². The number of aromatic nitrogens is 1. The summed E-state index contributed by atoms with van der Waals surface area (Å²) in [6.07, 6.45) is 4.27. The molecule has 0 saturated carbocycles. The summed E-state index contributed by atoms with van der Waals surface area (Å²) in [5.41, 5.74) is 0.738. The van der Waals surface area contributed by atoms with E-state index in [1.165, 1.54) is 30.5 Å². The van der Waals surface area contributed by atoms with Gasteiger partial charge in [-0.2, -0.15) is 0 Å². The molecule has 5 heteroatoms. The van der Waals surface area contributed by atoms with Crippen molar-refractivity contribution >= 4 is 17.8 Å². The molecule has 1 heterocycles. The van der Waals surface area contributed by atoms with E-state index in [0.29, 0.717) is 5.82 Å². The highest BCUT2D eigenvalue weighted by Crippen LogP contribution is 2.05. The van der Waals surface area contributed by atoms with Crippen LogP contribution in [0.25, 0.3) is 6.08 Å². The number of hydrogen-bond acceptors (Lipinski definition) is 3. The maximum atomic E-state index is 12.6. The SMILES string of the molecule is O=C(C=Cc1ccc(F)cc1)Nc1ccon1.